The van der Waals surface area contributed by atoms with Gasteiger partial charge in [0.15, 0.2) is 12.2 Å². The molecule has 2 fully saturated rings. The molecule has 0 aliphatic carbocycles. The highest BCUT2D eigenvalue weighted by atomic mass is 16.7. The summed E-state index contributed by atoms with van der Waals surface area (Å²) in [6.07, 6.45) is -2.80. The number of phenols is 2. The van der Waals surface area contributed by atoms with Crippen LogP contribution in [0.2, 0.25) is 0 Å². The van der Waals surface area contributed by atoms with Gasteiger partial charge >= 0.3 is 23.9 Å². The van der Waals surface area contributed by atoms with Crippen molar-refractivity contribution in [2.75, 3.05) is 13.2 Å². The van der Waals surface area contributed by atoms with Crippen LogP contribution in [-0.2, 0) is 18.9 Å². The molecule has 54 heavy (non-hydrogen) atoms. The van der Waals surface area contributed by atoms with E-state index in [1.54, 1.807) is 60.7 Å². The molecule has 0 bridgehead atoms. The maximum absolute atomic E-state index is 13.0. The molecule has 0 amide bonds. The fraction of sp³-hybridized carbons (Fsp3) is 0.143. The van der Waals surface area contributed by atoms with Gasteiger partial charge in [-0.1, -0.05) is 24.3 Å². The number of phenolic OH excluding ortho intramolecular Hbond substituents is 2. The third-order valence-corrected chi connectivity index (χ3v) is 9.20. The zero-order valence-corrected chi connectivity index (χ0v) is 28.2. The average Bonchev–Trinajstić information content (AvgIpc) is 3.77. The van der Waals surface area contributed by atoms with Crippen LogP contribution >= 0.6 is 0 Å². The first-order valence-corrected chi connectivity index (χ1v) is 16.9. The van der Waals surface area contributed by atoms with Crippen molar-refractivity contribution in [3.8, 4) is 23.0 Å². The van der Waals surface area contributed by atoms with E-state index in [-0.39, 0.29) is 47.3 Å². The first-order valence-electron chi connectivity index (χ1n) is 16.9. The zero-order valence-electron chi connectivity index (χ0n) is 28.2. The molecule has 12 heteroatoms. The molecule has 2 aliphatic heterocycles. The van der Waals surface area contributed by atoms with Gasteiger partial charge in [0.2, 0.25) is 0 Å². The van der Waals surface area contributed by atoms with Crippen molar-refractivity contribution in [1.82, 2.24) is 0 Å². The van der Waals surface area contributed by atoms with E-state index in [0.717, 1.165) is 21.5 Å². The van der Waals surface area contributed by atoms with E-state index < -0.39 is 48.3 Å². The third kappa shape index (κ3) is 7.16. The predicted molar refractivity (Wildman–Crippen MR) is 192 cm³/mol. The second-order valence-corrected chi connectivity index (χ2v) is 12.8. The minimum Gasteiger partial charge on any atom is -0.508 e. The lowest BCUT2D eigenvalue weighted by atomic mass is 10.1. The monoisotopic (exact) mass is 726 g/mol. The molecule has 2 N–H and O–H groups in total. The van der Waals surface area contributed by atoms with Gasteiger partial charge in [-0.15, -0.1) is 0 Å². The van der Waals surface area contributed by atoms with Crippen molar-refractivity contribution >= 4 is 45.4 Å². The Labute approximate surface area is 307 Å². The van der Waals surface area contributed by atoms with Crippen molar-refractivity contribution in [2.45, 2.75) is 24.4 Å². The first kappa shape index (κ1) is 34.3. The summed E-state index contributed by atoms with van der Waals surface area (Å²) in [4.78, 5) is 51.5. The highest BCUT2D eigenvalue weighted by Crippen LogP contribution is 2.32. The third-order valence-electron chi connectivity index (χ3n) is 9.20. The van der Waals surface area contributed by atoms with Gasteiger partial charge in [-0.25, -0.2) is 19.2 Å². The molecule has 2 aliphatic rings. The van der Waals surface area contributed by atoms with Crippen molar-refractivity contribution in [2.24, 2.45) is 0 Å². The zero-order chi connectivity index (χ0) is 37.3. The minimum atomic E-state index is -0.748. The smallest absolute Gasteiger partial charge is 0.343 e. The number of ether oxygens (including phenoxy) is 6. The molecule has 0 radical (unpaired) electrons. The lowest BCUT2D eigenvalue weighted by molar-refractivity contribution is -0.0287. The molecule has 2 saturated heterocycles. The lowest BCUT2D eigenvalue weighted by Crippen LogP contribution is -2.36. The quantitative estimate of drug-likeness (QED) is 0.131. The van der Waals surface area contributed by atoms with E-state index in [9.17, 15) is 29.4 Å². The van der Waals surface area contributed by atoms with Gasteiger partial charge in [0.1, 0.15) is 35.2 Å². The lowest BCUT2D eigenvalue weighted by Gasteiger charge is -2.17. The molecule has 2 unspecified atom stereocenters. The highest BCUT2D eigenvalue weighted by molar-refractivity contribution is 5.98. The summed E-state index contributed by atoms with van der Waals surface area (Å²) in [5.74, 6) is -1.71. The van der Waals surface area contributed by atoms with E-state index in [1.165, 1.54) is 60.7 Å². The van der Waals surface area contributed by atoms with E-state index >= 15 is 0 Å². The number of hydrogen-bond donors (Lipinski definition) is 2. The summed E-state index contributed by atoms with van der Waals surface area (Å²) in [6.45, 7) is 0.0753. The summed E-state index contributed by atoms with van der Waals surface area (Å²) < 4.78 is 34.0. The molecule has 0 aromatic heterocycles. The minimum absolute atomic E-state index is 0.0376. The van der Waals surface area contributed by atoms with Crippen LogP contribution in [-0.4, -0.2) is 71.7 Å². The Bertz CT molecular complexity index is 2250. The van der Waals surface area contributed by atoms with Crippen LogP contribution in [0.1, 0.15) is 41.4 Å². The maximum Gasteiger partial charge on any atom is 0.343 e. The molecule has 8 rings (SSSR count). The Balaban J connectivity index is 0.820. The number of hydrogen-bond acceptors (Lipinski definition) is 12. The summed E-state index contributed by atoms with van der Waals surface area (Å²) in [7, 11) is 0. The number of aromatic hydroxyl groups is 2. The Morgan fingerprint density at radius 3 is 1.20 bits per heavy atom. The maximum atomic E-state index is 13.0. The summed E-state index contributed by atoms with van der Waals surface area (Å²) in [5.41, 5.74) is 1.09. The summed E-state index contributed by atoms with van der Waals surface area (Å²) in [6, 6.07) is 31.5. The van der Waals surface area contributed by atoms with Crippen molar-refractivity contribution in [3.63, 3.8) is 0 Å². The molecule has 0 spiro atoms. The highest BCUT2D eigenvalue weighted by Gasteiger charge is 2.51. The van der Waals surface area contributed by atoms with Gasteiger partial charge in [-0.2, -0.15) is 0 Å². The molecular weight excluding hydrogens is 696 g/mol. The van der Waals surface area contributed by atoms with Gasteiger partial charge in [-0.05, 0) is 119 Å². The number of fused-ring (bicyclic) bond motifs is 3. The Hall–Kier alpha value is -6.76. The molecule has 2 heterocycles. The SMILES string of the molecule is O=C(Oc1ccc(C(=O)O[C@@H]2COC3C2OC[C@H]3OC(=O)c2ccc(OC(=O)c3ccc4cc(O)ccc4c3)cc2)cc1)c1ccc2cc(O)ccc2c1. The van der Waals surface area contributed by atoms with Crippen LogP contribution in [0.15, 0.2) is 121 Å². The van der Waals surface area contributed by atoms with E-state index in [2.05, 4.69) is 0 Å². The summed E-state index contributed by atoms with van der Waals surface area (Å²) in [5, 5.41) is 22.4. The molecule has 6 aromatic rings. The second-order valence-electron chi connectivity index (χ2n) is 12.8. The average molecular weight is 727 g/mol. The molecule has 6 aromatic carbocycles. The van der Waals surface area contributed by atoms with Crippen LogP contribution in [0.3, 0.4) is 0 Å². The molecular formula is C42H30O12. The van der Waals surface area contributed by atoms with Crippen LogP contribution in [0, 0.1) is 0 Å². The van der Waals surface area contributed by atoms with Crippen molar-refractivity contribution < 1.29 is 57.8 Å². The van der Waals surface area contributed by atoms with Crippen LogP contribution < -0.4 is 9.47 Å². The standard InChI is InChI=1S/C42H30O12/c43-31-11-5-25-17-29(3-1-27(25)19-31)41(47)51-33-13-7-23(8-14-33)39(45)53-35-21-49-38-36(22-50-37(35)38)54-40(46)24-9-15-34(16-10-24)52-42(48)30-4-2-28-20-32(44)12-6-26(28)18-30/h1-20,35-38,43-44H,21-22H2/t35-,36-,37?,38?/m1/s1. The van der Waals surface area contributed by atoms with E-state index in [1.807, 2.05) is 0 Å². The Morgan fingerprint density at radius 1 is 0.444 bits per heavy atom. The number of esters is 4. The van der Waals surface area contributed by atoms with Gasteiger partial charge in [0.25, 0.3) is 0 Å². The number of carbonyl (C=O) groups is 4. The van der Waals surface area contributed by atoms with Crippen molar-refractivity contribution in [3.05, 3.63) is 144 Å². The number of rotatable bonds is 8. The molecule has 0 saturated carbocycles. The molecule has 12 nitrogen and oxygen atoms in total. The van der Waals surface area contributed by atoms with Gasteiger partial charge in [-0.3, -0.25) is 0 Å². The largest absolute Gasteiger partial charge is 0.508 e. The van der Waals surface area contributed by atoms with Gasteiger partial charge in [0.05, 0.1) is 35.5 Å². The Morgan fingerprint density at radius 2 is 0.796 bits per heavy atom. The topological polar surface area (TPSA) is 164 Å². The second kappa shape index (κ2) is 14.3. The van der Waals surface area contributed by atoms with Gasteiger partial charge < -0.3 is 38.6 Å². The molecule has 270 valence electrons. The van der Waals surface area contributed by atoms with Crippen LogP contribution in [0.25, 0.3) is 21.5 Å². The van der Waals surface area contributed by atoms with Crippen LogP contribution in [0.4, 0.5) is 0 Å². The number of benzene rings is 6. The van der Waals surface area contributed by atoms with Crippen molar-refractivity contribution in [1.29, 1.82) is 0 Å². The van der Waals surface area contributed by atoms with Gasteiger partial charge in [0, 0.05) is 0 Å². The normalized spacial score (nSPS) is 18.9. The Kier molecular flexibility index (Phi) is 9.12. The number of carbonyl (C=O) groups excluding carboxylic acids is 4. The fourth-order valence-electron chi connectivity index (χ4n) is 6.41. The first-order chi connectivity index (χ1) is 26.2. The fourth-order valence-corrected chi connectivity index (χ4v) is 6.41. The predicted octanol–water partition coefficient (Wildman–Crippen LogP) is 6.39. The van der Waals surface area contributed by atoms with E-state index in [4.69, 9.17) is 28.4 Å². The molecule has 4 atom stereocenters. The van der Waals surface area contributed by atoms with Crippen LogP contribution in [0.5, 0.6) is 23.0 Å². The van der Waals surface area contributed by atoms with E-state index in [0.29, 0.717) is 11.1 Å². The summed E-state index contributed by atoms with van der Waals surface area (Å²) >= 11 is 0.